The summed E-state index contributed by atoms with van der Waals surface area (Å²) in [5.74, 6) is 1.27. The molecular formula is C58H54N2Si2. The summed E-state index contributed by atoms with van der Waals surface area (Å²) in [6.07, 6.45) is 33.5. The van der Waals surface area contributed by atoms with E-state index in [1.807, 2.05) is 0 Å². The smallest absolute Gasteiger partial charge is 0.178 e. The van der Waals surface area contributed by atoms with Gasteiger partial charge in [0.15, 0.2) is 16.1 Å². The molecule has 62 heavy (non-hydrogen) atoms. The fourth-order valence-electron chi connectivity index (χ4n) is 10.7. The minimum atomic E-state index is -2.66. The molecule has 0 aliphatic heterocycles. The summed E-state index contributed by atoms with van der Waals surface area (Å²) in [5.41, 5.74) is 4.57. The number of allylic oxidation sites excluding steroid dienone is 14. The fourth-order valence-corrected chi connectivity index (χ4v) is 20.8. The minimum absolute atomic E-state index is 0.294. The van der Waals surface area contributed by atoms with Crippen molar-refractivity contribution in [2.24, 2.45) is 0 Å². The van der Waals surface area contributed by atoms with E-state index < -0.39 is 16.1 Å². The molecule has 6 aromatic rings. The second-order valence-corrected chi connectivity index (χ2v) is 24.9. The standard InChI is InChI=1S/C58H54N2Si2/c1-8-24-45(25-9-1)58-59-56(46-26-22-40-54(42-46)61(48-28-10-2-11-29-48,49-30-12-3-13-31-49)50-32-14-4-15-33-50)44-57(60-58)47-27-23-41-55(43-47)62(51-34-16-5-17-35-51,52-36-18-6-19-37-52)53-38-20-7-21-39-53/h1-6,8,10-14,16-20,22,26,28-32,34-45H,7,9,15,21,23-25,27,33H2. The van der Waals surface area contributed by atoms with E-state index in [1.165, 1.54) is 41.9 Å². The first-order chi connectivity index (χ1) is 30.7. The highest BCUT2D eigenvalue weighted by molar-refractivity contribution is 7.16. The number of rotatable bonds is 11. The van der Waals surface area contributed by atoms with Crippen LogP contribution in [0, 0.1) is 0 Å². The molecule has 0 radical (unpaired) electrons. The Morgan fingerprint density at radius 1 is 0.468 bits per heavy atom. The van der Waals surface area contributed by atoms with Gasteiger partial charge in [0.2, 0.25) is 0 Å². The molecule has 1 heterocycles. The van der Waals surface area contributed by atoms with E-state index >= 15 is 0 Å². The van der Waals surface area contributed by atoms with Crippen molar-refractivity contribution in [2.75, 3.05) is 0 Å². The molecule has 0 amide bonds. The van der Waals surface area contributed by atoms with Gasteiger partial charge in [0.1, 0.15) is 5.82 Å². The van der Waals surface area contributed by atoms with Crippen molar-refractivity contribution in [3.05, 3.63) is 240 Å². The summed E-state index contributed by atoms with van der Waals surface area (Å²) >= 11 is 0. The number of hydrogen-bond donors (Lipinski definition) is 0. The Morgan fingerprint density at radius 2 is 1.10 bits per heavy atom. The minimum Gasteiger partial charge on any atom is -0.233 e. The van der Waals surface area contributed by atoms with Crippen LogP contribution in [0.25, 0.3) is 16.8 Å². The van der Waals surface area contributed by atoms with Crippen LogP contribution >= 0.6 is 0 Å². The van der Waals surface area contributed by atoms with E-state index in [0.29, 0.717) is 5.92 Å². The van der Waals surface area contributed by atoms with Gasteiger partial charge in [0.25, 0.3) is 0 Å². The first-order valence-electron chi connectivity index (χ1n) is 22.8. The van der Waals surface area contributed by atoms with Crippen molar-refractivity contribution in [1.82, 2.24) is 9.97 Å². The molecule has 2 nitrogen and oxygen atoms in total. The molecule has 0 spiro atoms. The third-order valence-electron chi connectivity index (χ3n) is 13.6. The largest absolute Gasteiger partial charge is 0.233 e. The molecule has 304 valence electrons. The zero-order valence-corrected chi connectivity index (χ0v) is 37.5. The van der Waals surface area contributed by atoms with Crippen molar-refractivity contribution in [3.63, 3.8) is 0 Å². The molecule has 1 aromatic heterocycles. The Kier molecular flexibility index (Phi) is 11.6. The number of benzene rings is 5. The molecule has 4 heteroatoms. The molecular weight excluding hydrogens is 781 g/mol. The van der Waals surface area contributed by atoms with Crippen molar-refractivity contribution >= 4 is 47.7 Å². The summed E-state index contributed by atoms with van der Waals surface area (Å²) in [6, 6.07) is 57.2. The van der Waals surface area contributed by atoms with Crippen LogP contribution in [0.5, 0.6) is 0 Å². The van der Waals surface area contributed by atoms with Crippen LogP contribution in [-0.4, -0.2) is 26.1 Å². The Balaban J connectivity index is 1.16. The molecule has 4 aliphatic rings. The van der Waals surface area contributed by atoms with Crippen LogP contribution < -0.4 is 25.9 Å². The summed E-state index contributed by atoms with van der Waals surface area (Å²) < 4.78 is 0. The van der Waals surface area contributed by atoms with Crippen LogP contribution in [0.1, 0.15) is 75.2 Å². The summed E-state index contributed by atoms with van der Waals surface area (Å²) in [5, 5.41) is 11.6. The van der Waals surface area contributed by atoms with E-state index in [9.17, 15) is 0 Å². The number of aromatic nitrogens is 2. The van der Waals surface area contributed by atoms with E-state index in [4.69, 9.17) is 9.97 Å². The zero-order chi connectivity index (χ0) is 41.6. The Morgan fingerprint density at radius 3 is 1.69 bits per heavy atom. The van der Waals surface area contributed by atoms with Gasteiger partial charge in [-0.3, -0.25) is 0 Å². The van der Waals surface area contributed by atoms with Gasteiger partial charge in [-0.1, -0.05) is 212 Å². The second kappa shape index (κ2) is 18.0. The summed E-state index contributed by atoms with van der Waals surface area (Å²) in [4.78, 5) is 11.1. The van der Waals surface area contributed by atoms with E-state index in [0.717, 1.165) is 80.6 Å². The van der Waals surface area contributed by atoms with Crippen LogP contribution in [0.2, 0.25) is 0 Å². The fraction of sp³-hybridized carbons (Fsp3) is 0.172. The molecule has 0 saturated carbocycles. The summed E-state index contributed by atoms with van der Waals surface area (Å²) in [7, 11) is -5.31. The zero-order valence-electron chi connectivity index (χ0n) is 35.5. The van der Waals surface area contributed by atoms with Gasteiger partial charge in [0.05, 0.1) is 11.4 Å². The van der Waals surface area contributed by atoms with Gasteiger partial charge in [0, 0.05) is 11.5 Å². The molecule has 10 rings (SSSR count). The molecule has 0 saturated heterocycles. The SMILES string of the molecule is C1=CCCC([Si](c2ccccc2)(c2ccccc2)c2cccc(-c3cc(C4=CC([Si](C5=CCCC=C5)(c5ccccc5)c5ccccc5)=CCC4)nc(C4CC=CCC4)n3)c2)=C1. The lowest BCUT2D eigenvalue weighted by molar-refractivity contribution is 0.582. The van der Waals surface area contributed by atoms with Gasteiger partial charge in [-0.2, -0.15) is 0 Å². The van der Waals surface area contributed by atoms with E-state index in [1.54, 1.807) is 5.20 Å². The highest BCUT2D eigenvalue weighted by Crippen LogP contribution is 2.37. The maximum absolute atomic E-state index is 5.56. The lowest BCUT2D eigenvalue weighted by atomic mass is 9.92. The normalized spacial score (nSPS) is 17.8. The highest BCUT2D eigenvalue weighted by atomic mass is 28.3. The van der Waals surface area contributed by atoms with Crippen molar-refractivity contribution < 1.29 is 0 Å². The molecule has 0 N–H and O–H groups in total. The van der Waals surface area contributed by atoms with Gasteiger partial charge in [-0.05, 0) is 106 Å². The van der Waals surface area contributed by atoms with Crippen LogP contribution in [0.4, 0.5) is 0 Å². The van der Waals surface area contributed by atoms with Crippen molar-refractivity contribution in [2.45, 2.75) is 63.7 Å². The molecule has 4 aliphatic carbocycles. The topological polar surface area (TPSA) is 25.8 Å². The highest BCUT2D eigenvalue weighted by Gasteiger charge is 2.45. The average molecular weight is 835 g/mol. The maximum Gasteiger partial charge on any atom is 0.178 e. The maximum atomic E-state index is 5.56. The van der Waals surface area contributed by atoms with Crippen LogP contribution in [0.3, 0.4) is 0 Å². The van der Waals surface area contributed by atoms with E-state index in [-0.39, 0.29) is 0 Å². The van der Waals surface area contributed by atoms with Gasteiger partial charge in [-0.15, -0.1) is 0 Å². The van der Waals surface area contributed by atoms with Gasteiger partial charge in [-0.25, -0.2) is 9.97 Å². The molecule has 5 aromatic carbocycles. The number of hydrogen-bond acceptors (Lipinski definition) is 2. The molecule has 1 atom stereocenters. The van der Waals surface area contributed by atoms with Crippen molar-refractivity contribution in [1.29, 1.82) is 0 Å². The molecule has 1 unspecified atom stereocenters. The Labute approximate surface area is 370 Å². The monoisotopic (exact) mass is 834 g/mol. The first kappa shape index (κ1) is 39.9. The van der Waals surface area contributed by atoms with Crippen molar-refractivity contribution in [3.8, 4) is 11.3 Å². The lowest BCUT2D eigenvalue weighted by Gasteiger charge is -2.38. The first-order valence-corrected chi connectivity index (χ1v) is 26.8. The van der Waals surface area contributed by atoms with E-state index in [2.05, 4.69) is 212 Å². The second-order valence-electron chi connectivity index (χ2n) is 17.2. The van der Waals surface area contributed by atoms with Crippen LogP contribution in [0.15, 0.2) is 228 Å². The average Bonchev–Trinajstić information content (AvgIpc) is 3.37. The Bertz CT molecular complexity index is 2680. The predicted molar refractivity (Wildman–Crippen MR) is 267 cm³/mol. The third-order valence-corrected chi connectivity index (χ3v) is 23.4. The molecule has 0 bridgehead atoms. The third kappa shape index (κ3) is 7.46. The lowest BCUT2D eigenvalue weighted by Crippen LogP contribution is -2.68. The number of nitrogens with zero attached hydrogens (tertiary/aromatic N) is 2. The van der Waals surface area contributed by atoms with Crippen LogP contribution in [-0.2, 0) is 0 Å². The molecule has 0 fully saturated rings. The van der Waals surface area contributed by atoms with Gasteiger partial charge < -0.3 is 0 Å². The Hall–Kier alpha value is -6.21. The predicted octanol–water partition coefficient (Wildman–Crippen LogP) is 11.0. The summed E-state index contributed by atoms with van der Waals surface area (Å²) in [6.45, 7) is 0. The quantitative estimate of drug-likeness (QED) is 0.0738. The van der Waals surface area contributed by atoms with Gasteiger partial charge >= 0.3 is 0 Å².